The zero-order valence-corrected chi connectivity index (χ0v) is 8.08. The Labute approximate surface area is 82.9 Å². The van der Waals surface area contributed by atoms with Gasteiger partial charge in [0, 0.05) is 24.7 Å². The highest BCUT2D eigenvalue weighted by atomic mass is 16.3. The summed E-state index contributed by atoms with van der Waals surface area (Å²) in [6.07, 6.45) is 0.423. The zero-order valence-electron chi connectivity index (χ0n) is 8.08. The summed E-state index contributed by atoms with van der Waals surface area (Å²) in [6.45, 7) is 0.644. The summed E-state index contributed by atoms with van der Waals surface area (Å²) in [7, 11) is 1.79. The zero-order chi connectivity index (χ0) is 10.4. The van der Waals surface area contributed by atoms with Gasteiger partial charge in [0.2, 0.25) is 5.91 Å². The highest BCUT2D eigenvalue weighted by Crippen LogP contribution is 2.15. The van der Waals surface area contributed by atoms with Gasteiger partial charge in [0.1, 0.15) is 5.75 Å². The monoisotopic (exact) mass is 194 g/mol. The molecule has 14 heavy (non-hydrogen) atoms. The van der Waals surface area contributed by atoms with E-state index < -0.39 is 0 Å². The van der Waals surface area contributed by atoms with Crippen molar-refractivity contribution in [1.82, 2.24) is 5.32 Å². The van der Waals surface area contributed by atoms with Crippen LogP contribution in [0.5, 0.6) is 5.75 Å². The number of benzene rings is 1. The molecule has 0 unspecified atom stereocenters. The van der Waals surface area contributed by atoms with Crippen LogP contribution in [0, 0.1) is 0 Å². The topological polar surface area (TPSA) is 61.4 Å². The van der Waals surface area contributed by atoms with Gasteiger partial charge >= 0.3 is 0 Å². The largest absolute Gasteiger partial charge is 0.508 e. The van der Waals surface area contributed by atoms with Crippen molar-refractivity contribution < 1.29 is 9.90 Å². The predicted molar refractivity (Wildman–Crippen MR) is 55.3 cm³/mol. The molecule has 4 heteroatoms. The first kappa shape index (κ1) is 10.5. The second kappa shape index (κ2) is 5.24. The standard InChI is InChI=1S/C10H14N2O2/c1-11-6-5-10(14)12-8-3-2-4-9(13)7-8/h2-4,7,11,13H,5-6H2,1H3,(H,12,14). The lowest BCUT2D eigenvalue weighted by Crippen LogP contribution is -2.18. The molecular formula is C10H14N2O2. The van der Waals surface area contributed by atoms with Gasteiger partial charge < -0.3 is 15.7 Å². The molecule has 76 valence electrons. The fourth-order valence-electron chi connectivity index (χ4n) is 1.05. The molecule has 0 atom stereocenters. The Morgan fingerprint density at radius 1 is 1.50 bits per heavy atom. The fraction of sp³-hybridized carbons (Fsp3) is 0.300. The number of carbonyl (C=O) groups excluding carboxylic acids is 1. The molecule has 0 aliphatic carbocycles. The van der Waals surface area contributed by atoms with Crippen LogP contribution in [-0.4, -0.2) is 24.6 Å². The second-order valence-corrected chi connectivity index (χ2v) is 2.95. The minimum atomic E-state index is -0.0649. The molecule has 1 aromatic rings. The molecule has 1 amide bonds. The van der Waals surface area contributed by atoms with E-state index in [0.717, 1.165) is 0 Å². The number of amides is 1. The molecule has 3 N–H and O–H groups in total. The van der Waals surface area contributed by atoms with E-state index in [1.165, 1.54) is 6.07 Å². The molecule has 0 bridgehead atoms. The molecule has 4 nitrogen and oxygen atoms in total. The van der Waals surface area contributed by atoms with Gasteiger partial charge in [-0.15, -0.1) is 0 Å². The summed E-state index contributed by atoms with van der Waals surface area (Å²) in [4.78, 5) is 11.2. The van der Waals surface area contributed by atoms with Crippen LogP contribution in [0.25, 0.3) is 0 Å². The Balaban J connectivity index is 2.47. The summed E-state index contributed by atoms with van der Waals surface area (Å²) in [5, 5.41) is 14.7. The molecule has 0 aliphatic rings. The molecule has 1 rings (SSSR count). The van der Waals surface area contributed by atoms with Gasteiger partial charge in [0.05, 0.1) is 0 Å². The third-order valence-electron chi connectivity index (χ3n) is 1.73. The highest BCUT2D eigenvalue weighted by molar-refractivity contribution is 5.90. The van der Waals surface area contributed by atoms with E-state index in [0.29, 0.717) is 18.7 Å². The van der Waals surface area contributed by atoms with Crippen LogP contribution in [-0.2, 0) is 4.79 Å². The van der Waals surface area contributed by atoms with Crippen molar-refractivity contribution in [3.8, 4) is 5.75 Å². The van der Waals surface area contributed by atoms with E-state index in [4.69, 9.17) is 5.11 Å². The third kappa shape index (κ3) is 3.45. The van der Waals surface area contributed by atoms with Crippen molar-refractivity contribution in [3.63, 3.8) is 0 Å². The Morgan fingerprint density at radius 2 is 2.29 bits per heavy atom. The van der Waals surface area contributed by atoms with Crippen LogP contribution < -0.4 is 10.6 Å². The minimum Gasteiger partial charge on any atom is -0.508 e. The SMILES string of the molecule is CNCCC(=O)Nc1cccc(O)c1. The maximum atomic E-state index is 11.2. The van der Waals surface area contributed by atoms with Crippen molar-refractivity contribution in [3.05, 3.63) is 24.3 Å². The number of anilines is 1. The molecule has 0 fully saturated rings. The van der Waals surface area contributed by atoms with Gasteiger partial charge in [-0.25, -0.2) is 0 Å². The van der Waals surface area contributed by atoms with Crippen molar-refractivity contribution in [1.29, 1.82) is 0 Å². The van der Waals surface area contributed by atoms with Gasteiger partial charge in [0.25, 0.3) is 0 Å². The first-order valence-corrected chi connectivity index (χ1v) is 4.46. The van der Waals surface area contributed by atoms with E-state index in [9.17, 15) is 4.79 Å². The lowest BCUT2D eigenvalue weighted by atomic mass is 10.3. The number of nitrogens with one attached hydrogen (secondary N) is 2. The first-order valence-electron chi connectivity index (χ1n) is 4.46. The number of hydrogen-bond donors (Lipinski definition) is 3. The van der Waals surface area contributed by atoms with Gasteiger partial charge in [0.15, 0.2) is 0 Å². The van der Waals surface area contributed by atoms with Crippen molar-refractivity contribution in [2.24, 2.45) is 0 Å². The average Bonchev–Trinajstić information content (AvgIpc) is 2.15. The molecule has 0 heterocycles. The lowest BCUT2D eigenvalue weighted by molar-refractivity contribution is -0.116. The fourth-order valence-corrected chi connectivity index (χ4v) is 1.05. The number of carbonyl (C=O) groups is 1. The molecule has 0 aromatic heterocycles. The Hall–Kier alpha value is -1.55. The van der Waals surface area contributed by atoms with Crippen LogP contribution in [0.2, 0.25) is 0 Å². The first-order chi connectivity index (χ1) is 6.72. The number of aromatic hydroxyl groups is 1. The van der Waals surface area contributed by atoms with Gasteiger partial charge in [-0.2, -0.15) is 0 Å². The molecule has 1 aromatic carbocycles. The minimum absolute atomic E-state index is 0.0649. The second-order valence-electron chi connectivity index (χ2n) is 2.95. The predicted octanol–water partition coefficient (Wildman–Crippen LogP) is 0.940. The highest BCUT2D eigenvalue weighted by Gasteiger charge is 2.01. The van der Waals surface area contributed by atoms with E-state index in [1.54, 1.807) is 25.2 Å². The van der Waals surface area contributed by atoms with Crippen LogP contribution >= 0.6 is 0 Å². The van der Waals surface area contributed by atoms with E-state index in [-0.39, 0.29) is 11.7 Å². The van der Waals surface area contributed by atoms with Gasteiger partial charge in [-0.05, 0) is 19.2 Å². The van der Waals surface area contributed by atoms with E-state index in [1.807, 2.05) is 0 Å². The summed E-state index contributed by atoms with van der Waals surface area (Å²) in [6, 6.07) is 6.49. The Kier molecular flexibility index (Phi) is 3.94. The summed E-state index contributed by atoms with van der Waals surface area (Å²) in [5.74, 6) is 0.0846. The maximum absolute atomic E-state index is 11.2. The quantitative estimate of drug-likeness (QED) is 0.668. The molecule has 0 saturated carbocycles. The van der Waals surface area contributed by atoms with Crippen molar-refractivity contribution in [2.75, 3.05) is 18.9 Å². The average molecular weight is 194 g/mol. The number of phenolic OH excluding ortho intramolecular Hbond substituents is 1. The number of phenols is 1. The van der Waals surface area contributed by atoms with Crippen LogP contribution in [0.3, 0.4) is 0 Å². The van der Waals surface area contributed by atoms with Crippen molar-refractivity contribution in [2.45, 2.75) is 6.42 Å². The lowest BCUT2D eigenvalue weighted by Gasteiger charge is -2.04. The summed E-state index contributed by atoms with van der Waals surface area (Å²) >= 11 is 0. The Morgan fingerprint density at radius 3 is 2.93 bits per heavy atom. The maximum Gasteiger partial charge on any atom is 0.225 e. The molecule has 0 radical (unpaired) electrons. The third-order valence-corrected chi connectivity index (χ3v) is 1.73. The molecular weight excluding hydrogens is 180 g/mol. The normalized spacial score (nSPS) is 9.79. The van der Waals surface area contributed by atoms with E-state index in [2.05, 4.69) is 10.6 Å². The van der Waals surface area contributed by atoms with E-state index >= 15 is 0 Å². The number of hydrogen-bond acceptors (Lipinski definition) is 3. The van der Waals surface area contributed by atoms with Gasteiger partial charge in [-0.3, -0.25) is 4.79 Å². The molecule has 0 aliphatic heterocycles. The molecule has 0 spiro atoms. The van der Waals surface area contributed by atoms with Crippen LogP contribution in [0.15, 0.2) is 24.3 Å². The van der Waals surface area contributed by atoms with Crippen LogP contribution in [0.4, 0.5) is 5.69 Å². The van der Waals surface area contributed by atoms with Crippen LogP contribution in [0.1, 0.15) is 6.42 Å². The smallest absolute Gasteiger partial charge is 0.225 e. The molecule has 0 saturated heterocycles. The van der Waals surface area contributed by atoms with Crippen molar-refractivity contribution >= 4 is 11.6 Å². The number of rotatable bonds is 4. The van der Waals surface area contributed by atoms with Gasteiger partial charge in [-0.1, -0.05) is 6.07 Å². The summed E-state index contributed by atoms with van der Waals surface area (Å²) in [5.41, 5.74) is 0.617. The Bertz CT molecular complexity index is 313. The summed E-state index contributed by atoms with van der Waals surface area (Å²) < 4.78 is 0.